The number of hydrogen-bond acceptors (Lipinski definition) is 5. The Hall–Kier alpha value is -1.60. The van der Waals surface area contributed by atoms with Gasteiger partial charge in [-0.25, -0.2) is 4.79 Å². The predicted molar refractivity (Wildman–Crippen MR) is 55.7 cm³/mol. The molecule has 90 valence electrons. The number of aliphatic hydroxyl groups excluding tert-OH is 2. The van der Waals surface area contributed by atoms with Crippen LogP contribution >= 0.6 is 0 Å². The zero-order valence-electron chi connectivity index (χ0n) is 8.89. The molecule has 1 aromatic heterocycles. The molecule has 0 bridgehead atoms. The molecular weight excluding hydrogens is 216 g/mol. The molecule has 1 rings (SSSR count). The maximum atomic E-state index is 11.7. The van der Waals surface area contributed by atoms with E-state index in [9.17, 15) is 9.59 Å². The lowest BCUT2D eigenvalue weighted by molar-refractivity contribution is 0.196. The summed E-state index contributed by atoms with van der Waals surface area (Å²) < 4.78 is 5.87. The van der Waals surface area contributed by atoms with Crippen molar-refractivity contribution in [2.75, 3.05) is 19.8 Å². The van der Waals surface area contributed by atoms with Crippen LogP contribution in [0, 0.1) is 6.92 Å². The van der Waals surface area contributed by atoms with Crippen LogP contribution < -0.4 is 16.0 Å². The molecule has 16 heavy (non-hydrogen) atoms. The number of hydrogen-bond donors (Lipinski definition) is 3. The smallest absolute Gasteiger partial charge is 0.328 e. The Bertz CT molecular complexity index is 462. The molecule has 0 aliphatic heterocycles. The first kappa shape index (κ1) is 12.5. The third-order valence-corrected chi connectivity index (χ3v) is 1.98. The Labute approximate surface area is 90.9 Å². The van der Waals surface area contributed by atoms with Crippen molar-refractivity contribution >= 4 is 0 Å². The van der Waals surface area contributed by atoms with Crippen LogP contribution in [-0.4, -0.2) is 39.6 Å². The van der Waals surface area contributed by atoms with E-state index in [1.807, 2.05) is 0 Å². The number of aromatic amines is 1. The summed E-state index contributed by atoms with van der Waals surface area (Å²) in [5, 5.41) is 17.3. The van der Waals surface area contributed by atoms with E-state index in [0.717, 1.165) is 4.57 Å². The van der Waals surface area contributed by atoms with Crippen LogP contribution in [-0.2, 0) is 6.54 Å². The molecule has 0 aliphatic carbocycles. The Balaban J connectivity index is 3.22. The van der Waals surface area contributed by atoms with Crippen molar-refractivity contribution in [2.24, 2.45) is 0 Å². The van der Waals surface area contributed by atoms with Gasteiger partial charge in [-0.1, -0.05) is 0 Å². The van der Waals surface area contributed by atoms with Gasteiger partial charge in [0.15, 0.2) is 0 Å². The SMILES string of the molecule is Cc1[nH]c(=O)n(CCO)c(=O)c1OCCO. The Morgan fingerprint density at radius 3 is 2.56 bits per heavy atom. The van der Waals surface area contributed by atoms with Gasteiger partial charge < -0.3 is 19.9 Å². The zero-order valence-corrected chi connectivity index (χ0v) is 8.89. The molecule has 0 radical (unpaired) electrons. The van der Waals surface area contributed by atoms with E-state index in [1.54, 1.807) is 0 Å². The monoisotopic (exact) mass is 230 g/mol. The maximum absolute atomic E-state index is 11.7. The predicted octanol–water partition coefficient (Wildman–Crippen LogP) is -1.79. The van der Waals surface area contributed by atoms with E-state index in [4.69, 9.17) is 14.9 Å². The van der Waals surface area contributed by atoms with E-state index in [2.05, 4.69) is 4.98 Å². The number of ether oxygens (including phenoxy) is 1. The summed E-state index contributed by atoms with van der Waals surface area (Å²) in [6, 6.07) is 0. The van der Waals surface area contributed by atoms with Gasteiger partial charge in [-0.2, -0.15) is 0 Å². The summed E-state index contributed by atoms with van der Waals surface area (Å²) in [6.45, 7) is 0.869. The lowest BCUT2D eigenvalue weighted by Gasteiger charge is -2.09. The molecule has 7 nitrogen and oxygen atoms in total. The highest BCUT2D eigenvalue weighted by molar-refractivity contribution is 5.22. The van der Waals surface area contributed by atoms with Gasteiger partial charge in [0.2, 0.25) is 5.75 Å². The number of rotatable bonds is 5. The van der Waals surface area contributed by atoms with Crippen molar-refractivity contribution < 1.29 is 14.9 Å². The fourth-order valence-electron chi connectivity index (χ4n) is 1.28. The summed E-state index contributed by atoms with van der Waals surface area (Å²) in [5.74, 6) is -0.0119. The van der Waals surface area contributed by atoms with E-state index < -0.39 is 11.2 Å². The minimum Gasteiger partial charge on any atom is -0.484 e. The summed E-state index contributed by atoms with van der Waals surface area (Å²) in [6.07, 6.45) is 0. The quantitative estimate of drug-likeness (QED) is 0.554. The lowest BCUT2D eigenvalue weighted by Crippen LogP contribution is -2.37. The number of nitrogens with zero attached hydrogens (tertiary/aromatic N) is 1. The van der Waals surface area contributed by atoms with Crippen LogP contribution in [0.4, 0.5) is 0 Å². The van der Waals surface area contributed by atoms with Crippen LogP contribution in [0.25, 0.3) is 0 Å². The van der Waals surface area contributed by atoms with Gasteiger partial charge in [0.05, 0.1) is 25.5 Å². The number of aryl methyl sites for hydroxylation is 1. The molecule has 0 fully saturated rings. The molecule has 0 spiro atoms. The lowest BCUT2D eigenvalue weighted by atomic mass is 10.4. The maximum Gasteiger partial charge on any atom is 0.328 e. The van der Waals surface area contributed by atoms with E-state index in [0.29, 0.717) is 5.69 Å². The third-order valence-electron chi connectivity index (χ3n) is 1.98. The van der Waals surface area contributed by atoms with Crippen LogP contribution in [0.5, 0.6) is 5.75 Å². The molecule has 0 saturated carbocycles. The minimum absolute atomic E-state index is 0.0119. The molecule has 1 heterocycles. The average Bonchev–Trinajstić information content (AvgIpc) is 2.24. The summed E-state index contributed by atoms with van der Waals surface area (Å²) in [4.78, 5) is 25.5. The summed E-state index contributed by atoms with van der Waals surface area (Å²) in [7, 11) is 0. The highest BCUT2D eigenvalue weighted by Gasteiger charge is 2.11. The fourth-order valence-corrected chi connectivity index (χ4v) is 1.28. The van der Waals surface area contributed by atoms with Crippen molar-refractivity contribution in [3.8, 4) is 5.75 Å². The Morgan fingerprint density at radius 1 is 1.31 bits per heavy atom. The van der Waals surface area contributed by atoms with E-state index in [-0.39, 0.29) is 32.1 Å². The minimum atomic E-state index is -0.608. The largest absolute Gasteiger partial charge is 0.484 e. The van der Waals surface area contributed by atoms with Gasteiger partial charge in [-0.15, -0.1) is 0 Å². The highest BCUT2D eigenvalue weighted by Crippen LogP contribution is 2.05. The average molecular weight is 230 g/mol. The first-order chi connectivity index (χ1) is 7.61. The molecule has 3 N–H and O–H groups in total. The van der Waals surface area contributed by atoms with Crippen LogP contribution in [0.3, 0.4) is 0 Å². The van der Waals surface area contributed by atoms with Crippen LogP contribution in [0.1, 0.15) is 5.69 Å². The highest BCUT2D eigenvalue weighted by atomic mass is 16.5. The molecule has 0 atom stereocenters. The van der Waals surface area contributed by atoms with Gasteiger partial charge in [-0.05, 0) is 6.92 Å². The standard InChI is InChI=1S/C9H14N2O5/c1-6-7(16-5-4-13)8(14)11(2-3-12)9(15)10-6/h12-13H,2-5H2,1H3,(H,10,15). The molecular formula is C9H14N2O5. The third kappa shape index (κ3) is 2.50. The number of nitrogens with one attached hydrogen (secondary N) is 1. The summed E-state index contributed by atoms with van der Waals surface area (Å²) in [5.41, 5.74) is -0.894. The van der Waals surface area contributed by atoms with Crippen molar-refractivity contribution in [1.29, 1.82) is 0 Å². The second kappa shape index (κ2) is 5.47. The van der Waals surface area contributed by atoms with Gasteiger partial charge in [0.25, 0.3) is 5.56 Å². The van der Waals surface area contributed by atoms with Crippen molar-refractivity contribution in [3.63, 3.8) is 0 Å². The van der Waals surface area contributed by atoms with Gasteiger partial charge >= 0.3 is 5.69 Å². The molecule has 1 aromatic rings. The van der Waals surface area contributed by atoms with E-state index >= 15 is 0 Å². The van der Waals surface area contributed by atoms with Crippen LogP contribution in [0.15, 0.2) is 9.59 Å². The number of aromatic nitrogens is 2. The van der Waals surface area contributed by atoms with Crippen LogP contribution in [0.2, 0.25) is 0 Å². The summed E-state index contributed by atoms with van der Waals surface area (Å²) >= 11 is 0. The Morgan fingerprint density at radius 2 is 2.00 bits per heavy atom. The first-order valence-electron chi connectivity index (χ1n) is 4.80. The molecule has 0 amide bonds. The van der Waals surface area contributed by atoms with Gasteiger partial charge in [0.1, 0.15) is 6.61 Å². The molecule has 0 aliphatic rings. The second-order valence-electron chi connectivity index (χ2n) is 3.14. The first-order valence-corrected chi connectivity index (χ1v) is 4.80. The number of aliphatic hydroxyl groups is 2. The van der Waals surface area contributed by atoms with Gasteiger partial charge in [0, 0.05) is 0 Å². The van der Waals surface area contributed by atoms with Crippen molar-refractivity contribution in [3.05, 3.63) is 26.5 Å². The van der Waals surface area contributed by atoms with Crippen molar-refractivity contribution in [1.82, 2.24) is 9.55 Å². The zero-order chi connectivity index (χ0) is 12.1. The molecule has 7 heteroatoms. The topological polar surface area (TPSA) is 105 Å². The second-order valence-corrected chi connectivity index (χ2v) is 3.14. The Kier molecular flexibility index (Phi) is 4.27. The molecule has 0 aromatic carbocycles. The van der Waals surface area contributed by atoms with E-state index in [1.165, 1.54) is 6.92 Å². The normalized spacial score (nSPS) is 10.4. The molecule has 0 unspecified atom stereocenters. The van der Waals surface area contributed by atoms with Gasteiger partial charge in [-0.3, -0.25) is 9.36 Å². The fraction of sp³-hybridized carbons (Fsp3) is 0.556. The molecule has 0 saturated heterocycles. The number of H-pyrrole nitrogens is 1. The van der Waals surface area contributed by atoms with Crippen molar-refractivity contribution in [2.45, 2.75) is 13.5 Å².